The molecule has 9 heteroatoms. The fraction of sp³-hybridized carbons (Fsp3) is 0.682. The van der Waals surface area contributed by atoms with Crippen molar-refractivity contribution in [3.8, 4) is 5.75 Å². The number of tetrazole rings is 1. The number of benzene rings is 1. The van der Waals surface area contributed by atoms with Crippen molar-refractivity contribution in [2.75, 3.05) is 0 Å². The van der Waals surface area contributed by atoms with E-state index in [4.69, 9.17) is 9.32 Å². The van der Waals surface area contributed by atoms with Gasteiger partial charge in [0.15, 0.2) is 5.82 Å². The first kappa shape index (κ1) is 20.9. The van der Waals surface area contributed by atoms with Crippen molar-refractivity contribution < 1.29 is 12.6 Å². The predicted molar refractivity (Wildman–Crippen MR) is 116 cm³/mol. The number of aryl methyl sites for hydroxylation is 2. The molecule has 0 spiro atoms. The second-order valence-corrected chi connectivity index (χ2v) is 11.0. The van der Waals surface area contributed by atoms with Crippen molar-refractivity contribution in [2.24, 2.45) is 28.3 Å². The quantitative estimate of drug-likeness (QED) is 0.729. The number of rotatable bonds is 5. The third kappa shape index (κ3) is 3.65. The molecule has 1 aromatic carbocycles. The molecular formula is C22H31N5O3S. The van der Waals surface area contributed by atoms with Crippen LogP contribution in [0.1, 0.15) is 74.4 Å². The van der Waals surface area contributed by atoms with Gasteiger partial charge in [-0.25, -0.2) is 0 Å². The Bertz CT molecular complexity index is 1070. The average Bonchev–Trinajstić information content (AvgIpc) is 3.34. The SMILES string of the molecule is CCc1cc2c(cc1OS(N)(=O)=O)CC[C@@H]1[C@@H]2CC[C@]2(C)[C@@H](Cc3nn[nH]n3)CC[C@@H]12. The topological polar surface area (TPSA) is 124 Å². The highest BCUT2D eigenvalue weighted by molar-refractivity contribution is 7.84. The van der Waals surface area contributed by atoms with Gasteiger partial charge in [0.2, 0.25) is 0 Å². The Hall–Kier alpha value is -2.00. The number of fused-ring (bicyclic) bond motifs is 5. The first-order chi connectivity index (χ1) is 14.8. The molecule has 5 atom stereocenters. The number of nitrogens with one attached hydrogen (secondary N) is 1. The van der Waals surface area contributed by atoms with Crippen LogP contribution in [-0.4, -0.2) is 29.0 Å². The molecule has 3 N–H and O–H groups in total. The molecule has 0 aliphatic heterocycles. The highest BCUT2D eigenvalue weighted by atomic mass is 32.2. The zero-order valence-electron chi connectivity index (χ0n) is 18.2. The third-order valence-corrected chi connectivity index (χ3v) is 8.92. The Kier molecular flexibility index (Phi) is 5.08. The maximum Gasteiger partial charge on any atom is 0.380 e. The van der Waals surface area contributed by atoms with Crippen LogP contribution in [-0.2, 0) is 29.6 Å². The highest BCUT2D eigenvalue weighted by Crippen LogP contribution is 2.63. The van der Waals surface area contributed by atoms with E-state index in [1.54, 1.807) is 0 Å². The molecule has 1 aromatic heterocycles. The standard InChI is InChI=1S/C22H31N5O3S/c1-3-13-10-18-14(11-20(13)30-31(23,28)29)4-6-17-16(18)8-9-22(2)15(5-7-19(17)22)12-21-24-26-27-25-21/h10-11,15-17,19H,3-9,12H2,1-2H3,(H2,23,28,29)(H,24,25,26,27)/t15-,16+,17-,19+,22-/m1/s1. The minimum Gasteiger partial charge on any atom is -0.371 e. The molecule has 0 saturated heterocycles. The molecule has 5 rings (SSSR count). The number of aromatic amines is 1. The molecule has 2 fully saturated rings. The zero-order valence-corrected chi connectivity index (χ0v) is 19.0. The van der Waals surface area contributed by atoms with Gasteiger partial charge in [-0.05, 0) is 96.8 Å². The average molecular weight is 446 g/mol. The van der Waals surface area contributed by atoms with E-state index in [1.807, 2.05) is 13.0 Å². The summed E-state index contributed by atoms with van der Waals surface area (Å²) in [5, 5.41) is 19.9. The molecule has 8 nitrogen and oxygen atoms in total. The Balaban J connectivity index is 1.43. The lowest BCUT2D eigenvalue weighted by molar-refractivity contribution is 0.0279. The highest BCUT2D eigenvalue weighted by Gasteiger charge is 2.54. The van der Waals surface area contributed by atoms with Gasteiger partial charge >= 0.3 is 10.3 Å². The molecule has 0 radical (unpaired) electrons. The van der Waals surface area contributed by atoms with Gasteiger partial charge in [0, 0.05) is 6.42 Å². The summed E-state index contributed by atoms with van der Waals surface area (Å²) in [5.41, 5.74) is 3.87. The monoisotopic (exact) mass is 445 g/mol. The molecule has 3 aliphatic carbocycles. The largest absolute Gasteiger partial charge is 0.380 e. The Morgan fingerprint density at radius 2 is 2.10 bits per heavy atom. The molecule has 3 aliphatic rings. The third-order valence-electron chi connectivity index (χ3n) is 8.51. The van der Waals surface area contributed by atoms with Gasteiger partial charge in [-0.3, -0.25) is 0 Å². The Morgan fingerprint density at radius 3 is 2.81 bits per heavy atom. The van der Waals surface area contributed by atoms with Gasteiger partial charge in [-0.2, -0.15) is 18.8 Å². The van der Waals surface area contributed by atoms with Crippen LogP contribution in [0.3, 0.4) is 0 Å². The van der Waals surface area contributed by atoms with Crippen molar-refractivity contribution in [1.82, 2.24) is 20.6 Å². The van der Waals surface area contributed by atoms with E-state index in [-0.39, 0.29) is 0 Å². The van der Waals surface area contributed by atoms with Crippen molar-refractivity contribution in [2.45, 2.75) is 71.1 Å². The summed E-state index contributed by atoms with van der Waals surface area (Å²) in [7, 11) is -4.02. The van der Waals surface area contributed by atoms with E-state index in [1.165, 1.54) is 36.8 Å². The van der Waals surface area contributed by atoms with E-state index in [2.05, 4.69) is 33.6 Å². The second-order valence-electron chi connectivity index (χ2n) is 9.85. The molecule has 31 heavy (non-hydrogen) atoms. The van der Waals surface area contributed by atoms with Crippen LogP contribution in [0, 0.1) is 23.2 Å². The lowest BCUT2D eigenvalue weighted by atomic mass is 9.54. The molecule has 2 saturated carbocycles. The lowest BCUT2D eigenvalue weighted by Gasteiger charge is -2.51. The molecule has 168 valence electrons. The van der Waals surface area contributed by atoms with Gasteiger partial charge in [0.25, 0.3) is 0 Å². The number of H-pyrrole nitrogens is 1. The first-order valence-electron chi connectivity index (χ1n) is 11.4. The summed E-state index contributed by atoms with van der Waals surface area (Å²) in [6, 6.07) is 4.12. The van der Waals surface area contributed by atoms with Gasteiger partial charge in [0.05, 0.1) is 0 Å². The summed E-state index contributed by atoms with van der Waals surface area (Å²) in [4.78, 5) is 0. The minimum absolute atomic E-state index is 0.323. The zero-order chi connectivity index (χ0) is 21.8. The van der Waals surface area contributed by atoms with Crippen LogP contribution in [0.4, 0.5) is 0 Å². The Labute approximate surface area is 183 Å². The van der Waals surface area contributed by atoms with Crippen LogP contribution in [0.5, 0.6) is 5.75 Å². The van der Waals surface area contributed by atoms with Crippen LogP contribution in [0.15, 0.2) is 12.1 Å². The summed E-state index contributed by atoms with van der Waals surface area (Å²) >= 11 is 0. The first-order valence-corrected chi connectivity index (χ1v) is 12.9. The van der Waals surface area contributed by atoms with E-state index in [9.17, 15) is 8.42 Å². The van der Waals surface area contributed by atoms with Gasteiger partial charge in [-0.1, -0.05) is 25.1 Å². The van der Waals surface area contributed by atoms with Crippen molar-refractivity contribution in [1.29, 1.82) is 0 Å². The molecule has 0 amide bonds. The normalized spacial score (nSPS) is 32.2. The fourth-order valence-corrected chi connectivity index (χ4v) is 7.46. The van der Waals surface area contributed by atoms with E-state index in [0.717, 1.165) is 30.7 Å². The summed E-state index contributed by atoms with van der Waals surface area (Å²) in [6.07, 6.45) is 8.60. The summed E-state index contributed by atoms with van der Waals surface area (Å²) in [5.74, 6) is 3.76. The minimum atomic E-state index is -4.02. The van der Waals surface area contributed by atoms with Crippen LogP contribution >= 0.6 is 0 Å². The number of hydrogen-bond donors (Lipinski definition) is 2. The number of nitrogens with two attached hydrogens (primary N) is 1. The van der Waals surface area contributed by atoms with Gasteiger partial charge in [0.1, 0.15) is 5.75 Å². The van der Waals surface area contributed by atoms with Crippen LogP contribution in [0.2, 0.25) is 0 Å². The number of nitrogens with zero attached hydrogens (tertiary/aromatic N) is 3. The second kappa shape index (κ2) is 7.55. The molecule has 0 bridgehead atoms. The molecule has 0 unspecified atom stereocenters. The van der Waals surface area contributed by atoms with E-state index < -0.39 is 10.3 Å². The van der Waals surface area contributed by atoms with E-state index in [0.29, 0.717) is 41.3 Å². The molecule has 1 heterocycles. The number of hydrogen-bond acceptors (Lipinski definition) is 6. The van der Waals surface area contributed by atoms with Crippen LogP contribution < -0.4 is 9.32 Å². The fourth-order valence-electron chi connectivity index (χ4n) is 7.06. The summed E-state index contributed by atoms with van der Waals surface area (Å²) < 4.78 is 28.1. The lowest BCUT2D eigenvalue weighted by Crippen LogP contribution is -2.42. The van der Waals surface area contributed by atoms with Crippen molar-refractivity contribution in [3.63, 3.8) is 0 Å². The van der Waals surface area contributed by atoms with Crippen LogP contribution in [0.25, 0.3) is 0 Å². The molecule has 2 aromatic rings. The maximum atomic E-state index is 11.5. The number of aromatic nitrogens is 4. The smallest absolute Gasteiger partial charge is 0.371 e. The van der Waals surface area contributed by atoms with Crippen molar-refractivity contribution >= 4 is 10.3 Å². The Morgan fingerprint density at radius 1 is 1.26 bits per heavy atom. The van der Waals surface area contributed by atoms with Gasteiger partial charge < -0.3 is 4.18 Å². The predicted octanol–water partition coefficient (Wildman–Crippen LogP) is 3.06. The summed E-state index contributed by atoms with van der Waals surface area (Å²) in [6.45, 7) is 4.51. The van der Waals surface area contributed by atoms with Crippen molar-refractivity contribution in [3.05, 3.63) is 34.6 Å². The molecular weight excluding hydrogens is 414 g/mol. The van der Waals surface area contributed by atoms with E-state index >= 15 is 0 Å². The van der Waals surface area contributed by atoms with Gasteiger partial charge in [-0.15, -0.1) is 10.2 Å². The maximum absolute atomic E-state index is 11.5.